The van der Waals surface area contributed by atoms with Crippen LogP contribution in [0.2, 0.25) is 15.1 Å². The first-order valence-corrected chi connectivity index (χ1v) is 12.7. The van der Waals surface area contributed by atoms with Crippen LogP contribution in [0.25, 0.3) is 6.08 Å². The van der Waals surface area contributed by atoms with Gasteiger partial charge >= 0.3 is 0 Å². The predicted molar refractivity (Wildman–Crippen MR) is 147 cm³/mol. The van der Waals surface area contributed by atoms with Crippen LogP contribution < -0.4 is 14.8 Å². The van der Waals surface area contributed by atoms with Crippen molar-refractivity contribution in [1.29, 1.82) is 0 Å². The number of methoxy groups -OCH3 is 1. The van der Waals surface area contributed by atoms with Gasteiger partial charge in [0, 0.05) is 5.02 Å². The van der Waals surface area contributed by atoms with Gasteiger partial charge in [-0.1, -0.05) is 59.1 Å². The second-order valence-electron chi connectivity index (χ2n) is 7.75. The molecule has 0 radical (unpaired) electrons. The van der Waals surface area contributed by atoms with E-state index in [9.17, 15) is 14.4 Å². The van der Waals surface area contributed by atoms with Crippen LogP contribution >= 0.6 is 46.6 Å². The molecule has 0 atom stereocenters. The summed E-state index contributed by atoms with van der Waals surface area (Å²) in [4.78, 5) is 38.8. The average molecular weight is 578 g/mol. The second kappa shape index (κ2) is 11.9. The lowest BCUT2D eigenvalue weighted by Gasteiger charge is -2.14. The zero-order valence-corrected chi connectivity index (χ0v) is 22.4. The van der Waals surface area contributed by atoms with Crippen LogP contribution in [0.3, 0.4) is 0 Å². The Balaban J connectivity index is 1.47. The molecular formula is C26H19Cl3N2O5S. The molecule has 7 nitrogen and oxygen atoms in total. The van der Waals surface area contributed by atoms with E-state index in [1.165, 1.54) is 13.2 Å². The van der Waals surface area contributed by atoms with Crippen molar-refractivity contribution in [3.8, 4) is 11.5 Å². The highest BCUT2D eigenvalue weighted by molar-refractivity contribution is 8.18. The minimum absolute atomic E-state index is 0.142. The number of hydrogen-bond acceptors (Lipinski definition) is 6. The standard InChI is InChI=1S/C26H19Cl3N2O5S/c1-35-21-11-16(10-19(29)24(21)36-14-15-6-8-17(27)9-7-15)12-22-25(33)31(26(34)37-22)13-23(32)30-20-5-3-2-4-18(20)28/h2-12H,13-14H2,1H3,(H,30,32)/b22-12+. The number of thioether (sulfide) groups is 1. The lowest BCUT2D eigenvalue weighted by Crippen LogP contribution is -2.36. The zero-order chi connectivity index (χ0) is 26.5. The number of halogens is 3. The topological polar surface area (TPSA) is 84.9 Å². The summed E-state index contributed by atoms with van der Waals surface area (Å²) in [6.45, 7) is -0.212. The lowest BCUT2D eigenvalue weighted by molar-refractivity contribution is -0.127. The number of ether oxygens (including phenoxy) is 2. The third kappa shape index (κ3) is 6.59. The normalized spacial score (nSPS) is 14.3. The van der Waals surface area contributed by atoms with Gasteiger partial charge in [0.05, 0.1) is 27.7 Å². The van der Waals surface area contributed by atoms with Crippen molar-refractivity contribution in [2.24, 2.45) is 0 Å². The Labute approximate surface area is 232 Å². The molecule has 0 aromatic heterocycles. The summed E-state index contributed by atoms with van der Waals surface area (Å²) >= 11 is 19.2. The van der Waals surface area contributed by atoms with E-state index in [0.717, 1.165) is 22.2 Å². The van der Waals surface area contributed by atoms with Gasteiger partial charge in [-0.3, -0.25) is 19.3 Å². The number of rotatable bonds is 8. The Hall–Kier alpha value is -3.17. The van der Waals surface area contributed by atoms with Gasteiger partial charge in [0.25, 0.3) is 11.1 Å². The van der Waals surface area contributed by atoms with E-state index in [1.54, 1.807) is 48.5 Å². The van der Waals surface area contributed by atoms with Gasteiger partial charge in [0.15, 0.2) is 11.5 Å². The molecule has 37 heavy (non-hydrogen) atoms. The van der Waals surface area contributed by atoms with E-state index in [1.807, 2.05) is 12.1 Å². The monoisotopic (exact) mass is 576 g/mol. The van der Waals surface area contributed by atoms with Crippen LogP contribution in [0.4, 0.5) is 10.5 Å². The molecule has 1 saturated heterocycles. The van der Waals surface area contributed by atoms with Crippen molar-refractivity contribution in [2.45, 2.75) is 6.61 Å². The van der Waals surface area contributed by atoms with Crippen LogP contribution in [0.1, 0.15) is 11.1 Å². The summed E-state index contributed by atoms with van der Waals surface area (Å²) < 4.78 is 11.3. The fourth-order valence-electron chi connectivity index (χ4n) is 3.38. The minimum Gasteiger partial charge on any atom is -0.493 e. The molecule has 4 rings (SSSR count). The van der Waals surface area contributed by atoms with Crippen LogP contribution in [-0.2, 0) is 16.2 Å². The minimum atomic E-state index is -0.595. The van der Waals surface area contributed by atoms with Crippen LogP contribution in [-0.4, -0.2) is 35.6 Å². The predicted octanol–water partition coefficient (Wildman–Crippen LogP) is 6.91. The van der Waals surface area contributed by atoms with E-state index < -0.39 is 23.6 Å². The van der Waals surface area contributed by atoms with Gasteiger partial charge in [-0.25, -0.2) is 0 Å². The average Bonchev–Trinajstić information content (AvgIpc) is 3.12. The third-order valence-corrected chi connectivity index (χ3v) is 6.94. The molecule has 11 heteroatoms. The number of carbonyl (C=O) groups is 3. The van der Waals surface area contributed by atoms with Gasteiger partial charge in [-0.15, -0.1) is 0 Å². The molecule has 0 saturated carbocycles. The van der Waals surface area contributed by atoms with Gasteiger partial charge in [-0.2, -0.15) is 0 Å². The van der Waals surface area contributed by atoms with Crippen LogP contribution in [0.5, 0.6) is 11.5 Å². The molecule has 0 bridgehead atoms. The largest absolute Gasteiger partial charge is 0.493 e. The van der Waals surface area contributed by atoms with E-state index in [0.29, 0.717) is 32.8 Å². The van der Waals surface area contributed by atoms with Crippen molar-refractivity contribution in [3.63, 3.8) is 0 Å². The quantitative estimate of drug-likeness (QED) is 0.293. The van der Waals surface area contributed by atoms with Crippen molar-refractivity contribution < 1.29 is 23.9 Å². The molecule has 0 spiro atoms. The number of carbonyl (C=O) groups excluding carboxylic acids is 3. The van der Waals surface area contributed by atoms with Crippen molar-refractivity contribution in [1.82, 2.24) is 4.90 Å². The van der Waals surface area contributed by atoms with Crippen LogP contribution in [0.15, 0.2) is 65.6 Å². The molecule has 3 aromatic carbocycles. The molecular weight excluding hydrogens is 559 g/mol. The molecule has 3 amide bonds. The first-order chi connectivity index (χ1) is 17.7. The fourth-order valence-corrected chi connectivity index (χ4v) is 4.80. The molecule has 1 heterocycles. The Kier molecular flexibility index (Phi) is 8.66. The Bertz CT molecular complexity index is 1400. The highest BCUT2D eigenvalue weighted by atomic mass is 35.5. The number of para-hydroxylation sites is 1. The maximum Gasteiger partial charge on any atom is 0.294 e. The van der Waals surface area contributed by atoms with Gasteiger partial charge in [0.1, 0.15) is 13.2 Å². The van der Waals surface area contributed by atoms with Gasteiger partial charge in [0.2, 0.25) is 5.91 Å². The summed E-state index contributed by atoms with van der Waals surface area (Å²) in [6.07, 6.45) is 1.51. The first-order valence-electron chi connectivity index (χ1n) is 10.8. The molecule has 1 aliphatic rings. The van der Waals surface area contributed by atoms with Crippen molar-refractivity contribution in [2.75, 3.05) is 19.0 Å². The zero-order valence-electron chi connectivity index (χ0n) is 19.3. The van der Waals surface area contributed by atoms with Crippen molar-refractivity contribution in [3.05, 3.63) is 91.8 Å². The number of anilines is 1. The molecule has 1 aliphatic heterocycles. The highest BCUT2D eigenvalue weighted by Gasteiger charge is 2.36. The summed E-state index contributed by atoms with van der Waals surface area (Å²) in [5.41, 5.74) is 1.79. The van der Waals surface area contributed by atoms with Gasteiger partial charge in [-0.05, 0) is 65.4 Å². The van der Waals surface area contributed by atoms with Crippen molar-refractivity contribution >= 4 is 75.4 Å². The van der Waals surface area contributed by atoms with E-state index >= 15 is 0 Å². The number of hydrogen-bond donors (Lipinski definition) is 1. The smallest absolute Gasteiger partial charge is 0.294 e. The van der Waals surface area contributed by atoms with E-state index in [-0.39, 0.29) is 16.5 Å². The highest BCUT2D eigenvalue weighted by Crippen LogP contribution is 2.39. The number of imide groups is 1. The molecule has 0 unspecified atom stereocenters. The Morgan fingerprint density at radius 3 is 2.46 bits per heavy atom. The lowest BCUT2D eigenvalue weighted by atomic mass is 10.1. The third-order valence-electron chi connectivity index (χ3n) is 5.17. The molecule has 1 N–H and O–H groups in total. The number of nitrogens with zero attached hydrogens (tertiary/aromatic N) is 1. The number of benzene rings is 3. The Morgan fingerprint density at radius 1 is 1.03 bits per heavy atom. The van der Waals surface area contributed by atoms with E-state index in [4.69, 9.17) is 44.3 Å². The van der Waals surface area contributed by atoms with Gasteiger partial charge < -0.3 is 14.8 Å². The molecule has 1 fully saturated rings. The Morgan fingerprint density at radius 2 is 1.76 bits per heavy atom. The van der Waals surface area contributed by atoms with E-state index in [2.05, 4.69) is 5.32 Å². The summed E-state index contributed by atoms with van der Waals surface area (Å²) in [6, 6.07) is 17.1. The van der Waals surface area contributed by atoms with Crippen LogP contribution in [0, 0.1) is 0 Å². The maximum atomic E-state index is 12.9. The molecule has 0 aliphatic carbocycles. The summed E-state index contributed by atoms with van der Waals surface area (Å²) in [5, 5.41) is 3.26. The summed E-state index contributed by atoms with van der Waals surface area (Å²) in [7, 11) is 1.47. The maximum absolute atomic E-state index is 12.9. The number of amides is 3. The fraction of sp³-hybridized carbons (Fsp3) is 0.115. The second-order valence-corrected chi connectivity index (χ2v) is 9.99. The SMILES string of the molecule is COc1cc(/C=C2/SC(=O)N(CC(=O)Nc3ccccc3Cl)C2=O)cc(Cl)c1OCc1ccc(Cl)cc1. The first kappa shape index (κ1) is 26.9. The number of nitrogens with one attached hydrogen (secondary N) is 1. The molecule has 190 valence electrons. The summed E-state index contributed by atoms with van der Waals surface area (Å²) in [5.74, 6) is -0.460. The molecule has 3 aromatic rings.